The van der Waals surface area contributed by atoms with Gasteiger partial charge in [0.05, 0.1) is 11.8 Å². The lowest BCUT2D eigenvalue weighted by Gasteiger charge is -2.20. The maximum atomic E-state index is 14.0. The SMILES string of the molecule is O=C(C[C@@H](Cc1cc(F)cc(F)c1)c1ncccc1-c1cnc2c(c1)C=[C+]C2)Cn1nc(C(F)F)cc1C(F)F. The Labute approximate surface area is 225 Å². The van der Waals surface area contributed by atoms with Gasteiger partial charge >= 0.3 is 0 Å². The molecule has 1 aliphatic carbocycles. The first-order valence-electron chi connectivity index (χ1n) is 12.3. The second-order valence-corrected chi connectivity index (χ2v) is 9.40. The summed E-state index contributed by atoms with van der Waals surface area (Å²) >= 11 is 0. The maximum absolute atomic E-state index is 14.0. The van der Waals surface area contributed by atoms with E-state index in [1.165, 1.54) is 6.20 Å². The quantitative estimate of drug-likeness (QED) is 0.159. The van der Waals surface area contributed by atoms with Gasteiger partial charge in [0.1, 0.15) is 41.6 Å². The highest BCUT2D eigenvalue weighted by Crippen LogP contribution is 2.34. The van der Waals surface area contributed by atoms with Crippen LogP contribution in [-0.2, 0) is 24.2 Å². The molecule has 0 unspecified atom stereocenters. The van der Waals surface area contributed by atoms with Gasteiger partial charge in [0.2, 0.25) is 0 Å². The van der Waals surface area contributed by atoms with Gasteiger partial charge in [-0.15, -0.1) is 0 Å². The third-order valence-corrected chi connectivity index (χ3v) is 6.55. The molecule has 0 saturated heterocycles. The summed E-state index contributed by atoms with van der Waals surface area (Å²) in [6.07, 6.45) is 2.14. The van der Waals surface area contributed by atoms with Crippen molar-refractivity contribution in [1.29, 1.82) is 0 Å². The number of nitrogens with zero attached hydrogens (tertiary/aromatic N) is 4. The van der Waals surface area contributed by atoms with E-state index in [-0.39, 0.29) is 18.4 Å². The number of pyridine rings is 2. The summed E-state index contributed by atoms with van der Waals surface area (Å²) in [5.41, 5.74) is 2.06. The molecule has 3 heterocycles. The molecule has 1 aliphatic rings. The van der Waals surface area contributed by atoms with Gasteiger partial charge in [0.15, 0.2) is 17.6 Å². The zero-order chi connectivity index (χ0) is 28.4. The van der Waals surface area contributed by atoms with E-state index < -0.39 is 54.1 Å². The largest absolute Gasteiger partial charge is 0.298 e. The molecular formula is C29H21F6N4O+. The monoisotopic (exact) mass is 555 g/mol. The molecular weight excluding hydrogens is 534 g/mol. The van der Waals surface area contributed by atoms with Gasteiger partial charge in [-0.25, -0.2) is 31.3 Å². The molecule has 0 amide bonds. The van der Waals surface area contributed by atoms with Crippen LogP contribution >= 0.6 is 0 Å². The average molecular weight is 556 g/mol. The summed E-state index contributed by atoms with van der Waals surface area (Å²) in [6.45, 7) is -0.691. The molecule has 0 saturated carbocycles. The minimum atomic E-state index is -3.13. The van der Waals surface area contributed by atoms with Crippen molar-refractivity contribution in [2.45, 2.75) is 44.6 Å². The molecule has 4 aromatic rings. The van der Waals surface area contributed by atoms with Crippen LogP contribution in [0.25, 0.3) is 17.2 Å². The van der Waals surface area contributed by atoms with Crippen LogP contribution < -0.4 is 0 Å². The predicted octanol–water partition coefficient (Wildman–Crippen LogP) is 6.85. The zero-order valence-electron chi connectivity index (χ0n) is 20.8. The molecule has 5 rings (SSSR count). The number of ketones is 1. The van der Waals surface area contributed by atoms with Gasteiger partial charge in [-0.05, 0) is 36.2 Å². The molecule has 5 nitrogen and oxygen atoms in total. The Bertz CT molecular complexity index is 1560. The fraction of sp³-hybridized carbons (Fsp3) is 0.241. The highest BCUT2D eigenvalue weighted by Gasteiger charge is 2.27. The van der Waals surface area contributed by atoms with Gasteiger partial charge < -0.3 is 0 Å². The summed E-state index contributed by atoms with van der Waals surface area (Å²) in [5.74, 6) is -2.95. The molecule has 0 bridgehead atoms. The normalized spacial score (nSPS) is 13.1. The molecule has 0 N–H and O–H groups in total. The van der Waals surface area contributed by atoms with Crippen LogP contribution in [0.15, 0.2) is 54.9 Å². The number of allylic oxidation sites excluding steroid dienone is 1. The number of halogens is 6. The van der Waals surface area contributed by atoms with E-state index in [9.17, 15) is 31.1 Å². The minimum Gasteiger partial charge on any atom is -0.298 e. The predicted molar refractivity (Wildman–Crippen MR) is 133 cm³/mol. The van der Waals surface area contributed by atoms with Crippen LogP contribution in [0.5, 0.6) is 0 Å². The number of carbonyl (C=O) groups is 1. The first-order chi connectivity index (χ1) is 19.2. The maximum Gasteiger partial charge on any atom is 0.282 e. The number of aromatic nitrogens is 4. The van der Waals surface area contributed by atoms with Crippen LogP contribution in [0.2, 0.25) is 0 Å². The van der Waals surface area contributed by atoms with Gasteiger partial charge in [0.25, 0.3) is 12.9 Å². The Morgan fingerprint density at radius 2 is 1.77 bits per heavy atom. The van der Waals surface area contributed by atoms with Crippen LogP contribution in [0.3, 0.4) is 0 Å². The van der Waals surface area contributed by atoms with Crippen molar-refractivity contribution in [1.82, 2.24) is 19.7 Å². The summed E-state index contributed by atoms with van der Waals surface area (Å²) in [5, 5.41) is 3.49. The molecule has 204 valence electrons. The van der Waals surface area contributed by atoms with E-state index in [0.717, 1.165) is 29.5 Å². The lowest BCUT2D eigenvalue weighted by Crippen LogP contribution is -2.19. The Kier molecular flexibility index (Phi) is 7.75. The van der Waals surface area contributed by atoms with Crippen molar-refractivity contribution < 1.29 is 31.1 Å². The third kappa shape index (κ3) is 5.94. The fourth-order valence-corrected chi connectivity index (χ4v) is 4.82. The molecule has 1 atom stereocenters. The summed E-state index contributed by atoms with van der Waals surface area (Å²) in [4.78, 5) is 22.1. The smallest absolute Gasteiger partial charge is 0.282 e. The summed E-state index contributed by atoms with van der Waals surface area (Å²) in [6, 6.07) is 8.93. The van der Waals surface area contributed by atoms with E-state index in [1.54, 1.807) is 18.3 Å². The van der Waals surface area contributed by atoms with Gasteiger partial charge in [-0.2, -0.15) is 5.10 Å². The molecule has 1 aromatic carbocycles. The van der Waals surface area contributed by atoms with Crippen molar-refractivity contribution in [3.8, 4) is 11.1 Å². The number of Topliss-reactive ketones (excluding diaryl/α,β-unsaturated/α-hetero) is 1. The van der Waals surface area contributed by atoms with Gasteiger partial charge in [-0.3, -0.25) is 14.5 Å². The first kappa shape index (κ1) is 27.2. The lowest BCUT2D eigenvalue weighted by atomic mass is 9.87. The van der Waals surface area contributed by atoms with Gasteiger partial charge in [-0.1, -0.05) is 6.07 Å². The van der Waals surface area contributed by atoms with Crippen LogP contribution in [0, 0.1) is 17.7 Å². The Hall–Kier alpha value is -4.37. The number of carbonyl (C=O) groups excluding carboxylic acids is 1. The second-order valence-electron chi connectivity index (χ2n) is 9.40. The molecule has 0 fully saturated rings. The Morgan fingerprint density at radius 1 is 1.00 bits per heavy atom. The fourth-order valence-electron chi connectivity index (χ4n) is 4.82. The third-order valence-electron chi connectivity index (χ3n) is 6.55. The Balaban J connectivity index is 1.50. The van der Waals surface area contributed by atoms with E-state index >= 15 is 0 Å². The van der Waals surface area contributed by atoms with Crippen LogP contribution in [0.4, 0.5) is 26.3 Å². The number of alkyl halides is 4. The lowest BCUT2D eigenvalue weighted by molar-refractivity contribution is -0.120. The van der Waals surface area contributed by atoms with E-state index in [2.05, 4.69) is 21.1 Å². The van der Waals surface area contributed by atoms with E-state index in [1.807, 2.05) is 12.1 Å². The highest BCUT2D eigenvalue weighted by atomic mass is 19.3. The van der Waals surface area contributed by atoms with Gasteiger partial charge in [0, 0.05) is 48.0 Å². The number of benzene rings is 1. The van der Waals surface area contributed by atoms with E-state index in [4.69, 9.17) is 0 Å². The topological polar surface area (TPSA) is 60.7 Å². The standard InChI is InChI=1S/C29H21F6N4O/c30-20-8-16(9-21(31)12-20)7-18(11-22(40)15-39-26(29(34)35)13-25(38-39)28(32)33)27-23(4-2-6-36-27)19-10-17-3-1-5-24(17)37-14-19/h2-4,6,8-10,12-14,18,28-29H,5,7,11,15H2/q+1/t18-/m1/s1. The minimum absolute atomic E-state index is 0.0143. The molecule has 0 spiro atoms. The summed E-state index contributed by atoms with van der Waals surface area (Å²) in [7, 11) is 0. The highest BCUT2D eigenvalue weighted by molar-refractivity contribution is 5.80. The zero-order valence-corrected chi connectivity index (χ0v) is 20.8. The van der Waals surface area contributed by atoms with Crippen molar-refractivity contribution in [2.75, 3.05) is 0 Å². The van der Waals surface area contributed by atoms with Crippen molar-refractivity contribution >= 4 is 11.9 Å². The van der Waals surface area contributed by atoms with Crippen LogP contribution in [0.1, 0.15) is 59.1 Å². The Morgan fingerprint density at radius 3 is 2.50 bits per heavy atom. The summed E-state index contributed by atoms with van der Waals surface area (Å²) < 4.78 is 81.7. The molecule has 0 aliphatic heterocycles. The molecule has 11 heteroatoms. The average Bonchev–Trinajstić information content (AvgIpc) is 3.54. The molecule has 0 radical (unpaired) electrons. The first-order valence-corrected chi connectivity index (χ1v) is 12.3. The number of hydrogen-bond donors (Lipinski definition) is 0. The number of fused-ring (bicyclic) bond motifs is 1. The van der Waals surface area contributed by atoms with Crippen molar-refractivity contribution in [2.24, 2.45) is 0 Å². The van der Waals surface area contributed by atoms with E-state index in [0.29, 0.717) is 34.0 Å². The number of hydrogen-bond acceptors (Lipinski definition) is 4. The second kappa shape index (κ2) is 11.4. The van der Waals surface area contributed by atoms with Crippen LogP contribution in [-0.4, -0.2) is 25.5 Å². The molecule has 3 aromatic heterocycles. The number of rotatable bonds is 10. The van der Waals surface area contributed by atoms with Crippen molar-refractivity contribution in [3.63, 3.8) is 0 Å². The molecule has 40 heavy (non-hydrogen) atoms. The van der Waals surface area contributed by atoms with Crippen molar-refractivity contribution in [3.05, 3.63) is 106 Å².